The largest absolute Gasteiger partial charge is 0.418 e. The molecule has 0 unspecified atom stereocenters. The van der Waals surface area contributed by atoms with E-state index in [0.29, 0.717) is 11.8 Å². The Labute approximate surface area is 127 Å². The fourth-order valence-electron chi connectivity index (χ4n) is 2.36. The number of halogens is 6. The SMILES string of the molecule is Cc1c(-c2ccc(N)cc2)cc(C(F)(F)F)c(N)c1C(F)(F)F. The molecule has 0 amide bonds. The van der Waals surface area contributed by atoms with Gasteiger partial charge < -0.3 is 11.5 Å². The molecule has 0 aromatic heterocycles. The summed E-state index contributed by atoms with van der Waals surface area (Å²) in [6.07, 6.45) is -10.0. The Morgan fingerprint density at radius 2 is 1.35 bits per heavy atom. The topological polar surface area (TPSA) is 52.0 Å². The summed E-state index contributed by atoms with van der Waals surface area (Å²) in [7, 11) is 0. The lowest BCUT2D eigenvalue weighted by Gasteiger charge is -2.21. The zero-order valence-electron chi connectivity index (χ0n) is 11.8. The van der Waals surface area contributed by atoms with Crippen LogP contribution in [0.1, 0.15) is 16.7 Å². The van der Waals surface area contributed by atoms with E-state index >= 15 is 0 Å². The Hall–Kier alpha value is -2.38. The average Bonchev–Trinajstić information content (AvgIpc) is 2.37. The number of nitrogens with two attached hydrogens (primary N) is 2. The van der Waals surface area contributed by atoms with Gasteiger partial charge in [-0.3, -0.25) is 0 Å². The van der Waals surface area contributed by atoms with Gasteiger partial charge in [-0.25, -0.2) is 0 Å². The lowest BCUT2D eigenvalue weighted by molar-refractivity contribution is -0.141. The lowest BCUT2D eigenvalue weighted by Crippen LogP contribution is -2.18. The van der Waals surface area contributed by atoms with Crippen molar-refractivity contribution in [3.63, 3.8) is 0 Å². The van der Waals surface area contributed by atoms with Crippen LogP contribution in [0.4, 0.5) is 37.7 Å². The van der Waals surface area contributed by atoms with E-state index in [-0.39, 0.29) is 16.7 Å². The Bertz CT molecular complexity index is 730. The molecule has 0 saturated heterocycles. The van der Waals surface area contributed by atoms with Crippen LogP contribution in [-0.2, 0) is 12.4 Å². The molecule has 2 aromatic rings. The molecule has 23 heavy (non-hydrogen) atoms. The first-order chi connectivity index (χ1) is 10.4. The molecule has 0 saturated carbocycles. The second kappa shape index (κ2) is 5.36. The molecule has 124 valence electrons. The van der Waals surface area contributed by atoms with Crippen molar-refractivity contribution in [3.05, 3.63) is 47.0 Å². The first-order valence-electron chi connectivity index (χ1n) is 6.36. The predicted molar refractivity (Wildman–Crippen MR) is 75.4 cm³/mol. The summed E-state index contributed by atoms with van der Waals surface area (Å²) in [6, 6.07) is 6.13. The van der Waals surface area contributed by atoms with Crippen LogP contribution in [0.5, 0.6) is 0 Å². The van der Waals surface area contributed by atoms with Crippen LogP contribution in [-0.4, -0.2) is 0 Å². The van der Waals surface area contributed by atoms with Gasteiger partial charge in [0.05, 0.1) is 16.8 Å². The fourth-order valence-corrected chi connectivity index (χ4v) is 2.36. The molecular weight excluding hydrogens is 322 g/mol. The molecule has 0 radical (unpaired) electrons. The Morgan fingerprint density at radius 1 is 0.826 bits per heavy atom. The van der Waals surface area contributed by atoms with E-state index in [0.717, 1.165) is 6.92 Å². The first kappa shape index (κ1) is 17.0. The van der Waals surface area contributed by atoms with E-state index < -0.39 is 29.2 Å². The summed E-state index contributed by atoms with van der Waals surface area (Å²) in [4.78, 5) is 0. The number of hydrogen-bond acceptors (Lipinski definition) is 2. The Kier molecular flexibility index (Phi) is 3.96. The first-order valence-corrected chi connectivity index (χ1v) is 6.36. The second-order valence-corrected chi connectivity index (χ2v) is 5.00. The van der Waals surface area contributed by atoms with E-state index in [1.165, 1.54) is 24.3 Å². The minimum absolute atomic E-state index is 0.188. The van der Waals surface area contributed by atoms with Crippen LogP contribution in [0.3, 0.4) is 0 Å². The molecule has 0 aliphatic carbocycles. The van der Waals surface area contributed by atoms with E-state index in [1.807, 2.05) is 0 Å². The third kappa shape index (κ3) is 3.20. The third-order valence-electron chi connectivity index (χ3n) is 3.44. The number of alkyl halides is 6. The van der Waals surface area contributed by atoms with E-state index in [9.17, 15) is 26.3 Å². The minimum atomic E-state index is -5.00. The van der Waals surface area contributed by atoms with Crippen molar-refractivity contribution >= 4 is 11.4 Å². The van der Waals surface area contributed by atoms with Crippen LogP contribution in [0.15, 0.2) is 30.3 Å². The number of anilines is 2. The minimum Gasteiger partial charge on any atom is -0.399 e. The summed E-state index contributed by atoms with van der Waals surface area (Å²) in [6.45, 7) is 1.09. The predicted octanol–water partition coefficient (Wildman–Crippen LogP) is 4.86. The van der Waals surface area contributed by atoms with Crippen molar-refractivity contribution in [1.29, 1.82) is 0 Å². The Morgan fingerprint density at radius 3 is 1.78 bits per heavy atom. The molecule has 0 aliphatic rings. The maximum atomic E-state index is 13.2. The van der Waals surface area contributed by atoms with E-state index in [4.69, 9.17) is 11.5 Å². The van der Waals surface area contributed by atoms with Crippen LogP contribution >= 0.6 is 0 Å². The number of rotatable bonds is 1. The van der Waals surface area contributed by atoms with Crippen LogP contribution in [0.25, 0.3) is 11.1 Å². The molecule has 0 fully saturated rings. The second-order valence-electron chi connectivity index (χ2n) is 5.00. The highest BCUT2D eigenvalue weighted by Crippen LogP contribution is 2.46. The number of hydrogen-bond donors (Lipinski definition) is 2. The van der Waals surface area contributed by atoms with Gasteiger partial charge in [-0.2, -0.15) is 26.3 Å². The number of nitrogen functional groups attached to an aromatic ring is 2. The highest BCUT2D eigenvalue weighted by atomic mass is 19.4. The zero-order valence-corrected chi connectivity index (χ0v) is 11.8. The molecule has 0 atom stereocenters. The normalized spacial score (nSPS) is 12.5. The zero-order chi connectivity index (χ0) is 17.6. The molecule has 2 aromatic carbocycles. The van der Waals surface area contributed by atoms with Crippen LogP contribution in [0, 0.1) is 6.92 Å². The van der Waals surface area contributed by atoms with Gasteiger partial charge in [-0.1, -0.05) is 12.1 Å². The van der Waals surface area contributed by atoms with Gasteiger partial charge in [0.25, 0.3) is 0 Å². The van der Waals surface area contributed by atoms with Gasteiger partial charge in [-0.05, 0) is 41.8 Å². The molecule has 8 heteroatoms. The molecule has 0 heterocycles. The van der Waals surface area contributed by atoms with Crippen molar-refractivity contribution in [2.75, 3.05) is 11.5 Å². The van der Waals surface area contributed by atoms with E-state index in [1.54, 1.807) is 0 Å². The monoisotopic (exact) mass is 334 g/mol. The molecule has 0 aliphatic heterocycles. The van der Waals surface area contributed by atoms with Crippen LogP contribution in [0.2, 0.25) is 0 Å². The number of benzene rings is 2. The standard InChI is InChI=1S/C15H12F6N2/c1-7-10(8-2-4-9(22)5-3-8)6-11(14(16,17)18)13(23)12(7)15(19,20)21/h2-6H,22-23H2,1H3. The summed E-state index contributed by atoms with van der Waals surface area (Å²) in [5.74, 6) is 0. The van der Waals surface area contributed by atoms with Crippen molar-refractivity contribution < 1.29 is 26.3 Å². The highest BCUT2D eigenvalue weighted by Gasteiger charge is 2.42. The smallest absolute Gasteiger partial charge is 0.399 e. The van der Waals surface area contributed by atoms with Gasteiger partial charge in [0.2, 0.25) is 0 Å². The van der Waals surface area contributed by atoms with Gasteiger partial charge in [-0.15, -0.1) is 0 Å². The van der Waals surface area contributed by atoms with Crippen molar-refractivity contribution in [2.24, 2.45) is 0 Å². The summed E-state index contributed by atoms with van der Waals surface area (Å²) in [5, 5.41) is 0. The summed E-state index contributed by atoms with van der Waals surface area (Å²) in [5.41, 5.74) is 6.32. The quantitative estimate of drug-likeness (QED) is 0.578. The molecule has 0 spiro atoms. The molecule has 4 N–H and O–H groups in total. The van der Waals surface area contributed by atoms with Crippen molar-refractivity contribution in [2.45, 2.75) is 19.3 Å². The average molecular weight is 334 g/mol. The van der Waals surface area contributed by atoms with Crippen molar-refractivity contribution in [1.82, 2.24) is 0 Å². The van der Waals surface area contributed by atoms with Gasteiger partial charge in [0.15, 0.2) is 0 Å². The van der Waals surface area contributed by atoms with Gasteiger partial charge in [0.1, 0.15) is 0 Å². The van der Waals surface area contributed by atoms with Crippen LogP contribution < -0.4 is 11.5 Å². The fraction of sp³-hybridized carbons (Fsp3) is 0.200. The van der Waals surface area contributed by atoms with Gasteiger partial charge >= 0.3 is 12.4 Å². The van der Waals surface area contributed by atoms with E-state index in [2.05, 4.69) is 0 Å². The summed E-state index contributed by atoms with van der Waals surface area (Å²) >= 11 is 0. The molecular formula is C15H12F6N2. The molecule has 2 nitrogen and oxygen atoms in total. The van der Waals surface area contributed by atoms with Crippen molar-refractivity contribution in [3.8, 4) is 11.1 Å². The highest BCUT2D eigenvalue weighted by molar-refractivity contribution is 5.76. The lowest BCUT2D eigenvalue weighted by atomic mass is 9.91. The maximum Gasteiger partial charge on any atom is 0.418 e. The third-order valence-corrected chi connectivity index (χ3v) is 3.44. The molecule has 2 rings (SSSR count). The Balaban J connectivity index is 2.85. The van der Waals surface area contributed by atoms with Gasteiger partial charge in [0, 0.05) is 5.69 Å². The maximum absolute atomic E-state index is 13.2. The summed E-state index contributed by atoms with van der Waals surface area (Å²) < 4.78 is 78.6. The molecule has 0 bridgehead atoms.